The fraction of sp³-hybridized carbons (Fsp3) is 0.364. The van der Waals surface area contributed by atoms with Crippen molar-refractivity contribution in [1.29, 1.82) is 0 Å². The molecule has 0 spiro atoms. The molecule has 0 saturated carbocycles. The van der Waals surface area contributed by atoms with Crippen LogP contribution in [-0.4, -0.2) is 81.9 Å². The Hall–Kier alpha value is -3.18. The number of carbonyl (C=O) groups excluding carboxylic acids is 2. The van der Waals surface area contributed by atoms with Gasteiger partial charge >= 0.3 is 7.69 Å². The van der Waals surface area contributed by atoms with Crippen LogP contribution in [0.5, 0.6) is 11.5 Å². The van der Waals surface area contributed by atoms with Gasteiger partial charge in [0.15, 0.2) is 0 Å². The molecule has 2 fully saturated rings. The summed E-state index contributed by atoms with van der Waals surface area (Å²) in [7, 11) is -0.313. The van der Waals surface area contributed by atoms with Crippen LogP contribution in [0.3, 0.4) is 0 Å². The summed E-state index contributed by atoms with van der Waals surface area (Å²) in [6, 6.07) is 7.83. The van der Waals surface area contributed by atoms with Gasteiger partial charge in [0, 0.05) is 38.3 Å². The number of nitrogens with zero attached hydrogens (tertiary/aromatic N) is 2. The molecular weight excluding hydrogens is 437 g/mol. The van der Waals surface area contributed by atoms with E-state index in [1.54, 1.807) is 0 Å². The number of halogens is 2. The molecule has 2 heterocycles. The highest BCUT2D eigenvalue weighted by Gasteiger charge is 2.23. The molecule has 2 aliphatic heterocycles. The summed E-state index contributed by atoms with van der Waals surface area (Å²) in [6.07, 6.45) is 0. The lowest BCUT2D eigenvalue weighted by Crippen LogP contribution is -2.41. The van der Waals surface area contributed by atoms with Crippen molar-refractivity contribution < 1.29 is 37.2 Å². The molecule has 2 amide bonds. The molecule has 2 aliphatic rings. The fourth-order valence-corrected chi connectivity index (χ4v) is 3.56. The summed E-state index contributed by atoms with van der Waals surface area (Å²) < 4.78 is 50.0. The maximum atomic E-state index is 14.4. The van der Waals surface area contributed by atoms with Crippen LogP contribution in [0.25, 0.3) is 0 Å². The standard InChI is InChI=1S/C22H23BF2N2O6/c24-19-13-15(1-3-17(19)21(28)26-5-9-30-10-6-26)32-23-33-16-2-4-18(20(25)14-16)22(29)27-7-11-31-12-8-27/h1-4,13-14,23H,5-12H2. The minimum atomic E-state index is -0.707. The first-order valence-electron chi connectivity index (χ1n) is 10.6. The van der Waals surface area contributed by atoms with Crippen LogP contribution in [0.2, 0.25) is 0 Å². The van der Waals surface area contributed by atoms with Gasteiger partial charge in [-0.05, 0) is 24.3 Å². The van der Waals surface area contributed by atoms with Crippen LogP contribution in [0.4, 0.5) is 8.78 Å². The average molecular weight is 460 g/mol. The Morgan fingerprint density at radius 1 is 0.727 bits per heavy atom. The van der Waals surface area contributed by atoms with Crippen molar-refractivity contribution in [2.24, 2.45) is 0 Å². The molecule has 0 atom stereocenters. The maximum Gasteiger partial charge on any atom is 0.576 e. The summed E-state index contributed by atoms with van der Waals surface area (Å²) in [5.41, 5.74) is -0.0967. The third kappa shape index (κ3) is 5.61. The molecule has 33 heavy (non-hydrogen) atoms. The van der Waals surface area contributed by atoms with Gasteiger partial charge in [-0.1, -0.05) is 0 Å². The molecule has 174 valence electrons. The topological polar surface area (TPSA) is 77.5 Å². The van der Waals surface area contributed by atoms with Crippen molar-refractivity contribution >= 4 is 19.5 Å². The van der Waals surface area contributed by atoms with Gasteiger partial charge in [0.05, 0.1) is 37.6 Å². The van der Waals surface area contributed by atoms with E-state index in [0.717, 1.165) is 12.1 Å². The molecule has 0 radical (unpaired) electrons. The number of rotatable bonds is 6. The summed E-state index contributed by atoms with van der Waals surface area (Å²) in [5, 5.41) is 0. The molecule has 2 aromatic rings. The third-order valence-corrected chi connectivity index (χ3v) is 5.39. The lowest BCUT2D eigenvalue weighted by atomic mass is 10.1. The van der Waals surface area contributed by atoms with Gasteiger partial charge in [-0.25, -0.2) is 8.78 Å². The highest BCUT2D eigenvalue weighted by Crippen LogP contribution is 2.21. The largest absolute Gasteiger partial charge is 0.576 e. The second-order valence-corrected chi connectivity index (χ2v) is 7.50. The Morgan fingerprint density at radius 3 is 1.48 bits per heavy atom. The number of benzene rings is 2. The number of carbonyl (C=O) groups is 2. The van der Waals surface area contributed by atoms with E-state index in [-0.39, 0.29) is 30.3 Å². The van der Waals surface area contributed by atoms with Crippen molar-refractivity contribution in [2.45, 2.75) is 0 Å². The van der Waals surface area contributed by atoms with Crippen molar-refractivity contribution in [3.63, 3.8) is 0 Å². The van der Waals surface area contributed by atoms with E-state index in [1.807, 2.05) is 0 Å². The van der Waals surface area contributed by atoms with Crippen LogP contribution in [0.1, 0.15) is 20.7 Å². The summed E-state index contributed by atoms with van der Waals surface area (Å²) in [6.45, 7) is 3.36. The van der Waals surface area contributed by atoms with E-state index < -0.39 is 23.4 Å². The predicted octanol–water partition coefficient (Wildman–Crippen LogP) is 1.63. The van der Waals surface area contributed by atoms with E-state index in [0.29, 0.717) is 52.6 Å². The Bertz CT molecular complexity index is 933. The quantitative estimate of drug-likeness (QED) is 0.611. The molecular formula is C22H23BF2N2O6. The van der Waals surface area contributed by atoms with Crippen LogP contribution < -0.4 is 9.31 Å². The van der Waals surface area contributed by atoms with Crippen LogP contribution in [0.15, 0.2) is 36.4 Å². The van der Waals surface area contributed by atoms with Crippen molar-refractivity contribution in [3.8, 4) is 11.5 Å². The van der Waals surface area contributed by atoms with Crippen molar-refractivity contribution in [1.82, 2.24) is 9.80 Å². The Morgan fingerprint density at radius 2 is 1.12 bits per heavy atom. The molecule has 0 unspecified atom stereocenters. The zero-order valence-corrected chi connectivity index (χ0v) is 17.9. The molecule has 4 rings (SSSR count). The average Bonchev–Trinajstić information content (AvgIpc) is 2.84. The van der Waals surface area contributed by atoms with E-state index >= 15 is 0 Å². The number of morpholine rings is 2. The lowest BCUT2D eigenvalue weighted by molar-refractivity contribution is 0.0298. The van der Waals surface area contributed by atoms with E-state index in [9.17, 15) is 18.4 Å². The Labute approximate surface area is 190 Å². The number of amides is 2. The van der Waals surface area contributed by atoms with Gasteiger partial charge in [-0.3, -0.25) is 9.59 Å². The first-order chi connectivity index (χ1) is 16.0. The molecule has 0 bridgehead atoms. The molecule has 11 heteroatoms. The van der Waals surface area contributed by atoms with Gasteiger partial charge < -0.3 is 28.6 Å². The first kappa shape index (κ1) is 23.0. The summed E-state index contributed by atoms with van der Waals surface area (Å²) in [5.74, 6) is -1.90. The van der Waals surface area contributed by atoms with Crippen molar-refractivity contribution in [3.05, 3.63) is 59.2 Å². The predicted molar refractivity (Wildman–Crippen MR) is 115 cm³/mol. The van der Waals surface area contributed by atoms with Crippen LogP contribution >= 0.6 is 0 Å². The fourth-order valence-electron chi connectivity index (χ4n) is 3.56. The molecule has 0 N–H and O–H groups in total. The zero-order chi connectivity index (χ0) is 23.2. The second-order valence-electron chi connectivity index (χ2n) is 7.50. The number of hydrogen-bond donors (Lipinski definition) is 0. The smallest absolute Gasteiger partial charge is 0.528 e. The first-order valence-corrected chi connectivity index (χ1v) is 10.6. The molecule has 0 aliphatic carbocycles. The normalized spacial score (nSPS) is 16.3. The summed E-state index contributed by atoms with van der Waals surface area (Å²) in [4.78, 5) is 27.9. The minimum absolute atomic E-state index is 0.0484. The van der Waals surface area contributed by atoms with Gasteiger partial charge in [0.1, 0.15) is 23.1 Å². The van der Waals surface area contributed by atoms with Gasteiger partial charge in [0.25, 0.3) is 11.8 Å². The Balaban J connectivity index is 1.31. The van der Waals surface area contributed by atoms with E-state index in [4.69, 9.17) is 18.8 Å². The monoisotopic (exact) mass is 460 g/mol. The highest BCUT2D eigenvalue weighted by atomic mass is 19.1. The molecule has 2 saturated heterocycles. The minimum Gasteiger partial charge on any atom is -0.528 e. The van der Waals surface area contributed by atoms with Gasteiger partial charge in [0.2, 0.25) is 0 Å². The number of hydrogen-bond acceptors (Lipinski definition) is 6. The zero-order valence-electron chi connectivity index (χ0n) is 17.9. The molecule has 2 aromatic carbocycles. The second kappa shape index (κ2) is 10.6. The van der Waals surface area contributed by atoms with Gasteiger partial charge in [-0.2, -0.15) is 0 Å². The lowest BCUT2D eigenvalue weighted by Gasteiger charge is -2.27. The highest BCUT2D eigenvalue weighted by molar-refractivity contribution is 6.20. The van der Waals surface area contributed by atoms with E-state index in [1.165, 1.54) is 34.1 Å². The van der Waals surface area contributed by atoms with Crippen molar-refractivity contribution in [2.75, 3.05) is 52.6 Å². The van der Waals surface area contributed by atoms with Gasteiger partial charge in [-0.15, -0.1) is 0 Å². The van der Waals surface area contributed by atoms with E-state index in [2.05, 4.69) is 0 Å². The SMILES string of the molecule is O=C(c1ccc(OBOc2ccc(C(=O)N3CCOCC3)c(F)c2)cc1F)N1CCOCC1. The molecule has 0 aromatic heterocycles. The molecule has 8 nitrogen and oxygen atoms in total. The third-order valence-electron chi connectivity index (χ3n) is 5.39. The Kier molecular flexibility index (Phi) is 7.41. The van der Waals surface area contributed by atoms with Crippen LogP contribution in [-0.2, 0) is 9.47 Å². The number of ether oxygens (including phenoxy) is 2. The maximum absolute atomic E-state index is 14.4. The van der Waals surface area contributed by atoms with Crippen LogP contribution in [0, 0.1) is 11.6 Å². The summed E-state index contributed by atoms with van der Waals surface area (Å²) >= 11 is 0.